The molecule has 0 radical (unpaired) electrons. The summed E-state index contributed by atoms with van der Waals surface area (Å²) in [5.74, 6) is 1.05. The van der Waals surface area contributed by atoms with Crippen LogP contribution in [0.15, 0.2) is 6.33 Å². The molecule has 0 saturated carbocycles. The first-order valence-corrected chi connectivity index (χ1v) is 6.49. The van der Waals surface area contributed by atoms with E-state index in [1.165, 1.54) is 0 Å². The van der Waals surface area contributed by atoms with E-state index in [-0.39, 0.29) is 0 Å². The summed E-state index contributed by atoms with van der Waals surface area (Å²) in [6.07, 6.45) is 1.64. The van der Waals surface area contributed by atoms with E-state index in [2.05, 4.69) is 48.0 Å². The van der Waals surface area contributed by atoms with Crippen LogP contribution >= 0.6 is 0 Å². The van der Waals surface area contributed by atoms with Crippen molar-refractivity contribution in [2.45, 2.75) is 46.8 Å². The van der Waals surface area contributed by atoms with E-state index >= 15 is 0 Å². The normalized spacial score (nSPS) is 11.6. The molecule has 5 nitrogen and oxygen atoms in total. The molecule has 1 N–H and O–H groups in total. The van der Waals surface area contributed by atoms with Crippen molar-refractivity contribution in [2.75, 3.05) is 19.6 Å². The lowest BCUT2D eigenvalue weighted by Crippen LogP contribution is -2.35. The van der Waals surface area contributed by atoms with Crippen LogP contribution in [0.5, 0.6) is 0 Å². The molecular formula is C12H25N5. The molecule has 1 heterocycles. The molecule has 0 unspecified atom stereocenters. The standard InChI is InChI=1S/C12H25N5/c1-5-16(8-7-13-11(3)4)9-12-14-10-15-17(12)6-2/h10-11,13H,5-9H2,1-4H3. The van der Waals surface area contributed by atoms with E-state index in [0.29, 0.717) is 6.04 Å². The zero-order valence-electron chi connectivity index (χ0n) is 11.5. The fourth-order valence-electron chi connectivity index (χ4n) is 1.74. The Morgan fingerprint density at radius 3 is 2.76 bits per heavy atom. The van der Waals surface area contributed by atoms with Gasteiger partial charge in [0.05, 0.1) is 6.54 Å². The van der Waals surface area contributed by atoms with Crippen LogP contribution in [-0.2, 0) is 13.1 Å². The van der Waals surface area contributed by atoms with Crippen molar-refractivity contribution in [1.82, 2.24) is 25.0 Å². The van der Waals surface area contributed by atoms with Crippen LogP contribution in [0, 0.1) is 0 Å². The summed E-state index contributed by atoms with van der Waals surface area (Å²) in [6.45, 7) is 13.5. The van der Waals surface area contributed by atoms with Gasteiger partial charge in [-0.05, 0) is 13.5 Å². The molecule has 0 fully saturated rings. The first-order valence-electron chi connectivity index (χ1n) is 6.49. The van der Waals surface area contributed by atoms with Crippen LogP contribution in [0.1, 0.15) is 33.5 Å². The van der Waals surface area contributed by atoms with Gasteiger partial charge < -0.3 is 5.32 Å². The Bertz CT molecular complexity index is 308. The molecule has 0 aliphatic rings. The molecule has 0 amide bonds. The van der Waals surface area contributed by atoms with Crippen LogP contribution in [0.2, 0.25) is 0 Å². The lowest BCUT2D eigenvalue weighted by molar-refractivity contribution is 0.264. The highest BCUT2D eigenvalue weighted by Crippen LogP contribution is 2.00. The first-order chi connectivity index (χ1) is 8.17. The van der Waals surface area contributed by atoms with Crippen LogP contribution in [0.3, 0.4) is 0 Å². The molecular weight excluding hydrogens is 214 g/mol. The fourth-order valence-corrected chi connectivity index (χ4v) is 1.74. The average Bonchev–Trinajstić information content (AvgIpc) is 2.74. The molecule has 0 bridgehead atoms. The van der Waals surface area contributed by atoms with Crippen LogP contribution in [-0.4, -0.2) is 45.3 Å². The van der Waals surface area contributed by atoms with Gasteiger partial charge in [-0.1, -0.05) is 20.8 Å². The summed E-state index contributed by atoms with van der Waals surface area (Å²) in [5.41, 5.74) is 0. The van der Waals surface area contributed by atoms with E-state index < -0.39 is 0 Å². The Balaban J connectivity index is 2.41. The maximum Gasteiger partial charge on any atom is 0.140 e. The lowest BCUT2D eigenvalue weighted by Gasteiger charge is -2.20. The van der Waals surface area contributed by atoms with Crippen LogP contribution in [0.25, 0.3) is 0 Å². The summed E-state index contributed by atoms with van der Waals surface area (Å²) in [5, 5.41) is 7.63. The molecule has 0 saturated heterocycles. The molecule has 1 aromatic heterocycles. The number of likely N-dealkylation sites (N-methyl/N-ethyl adjacent to an activating group) is 1. The third-order valence-electron chi connectivity index (χ3n) is 2.79. The zero-order valence-corrected chi connectivity index (χ0v) is 11.5. The summed E-state index contributed by atoms with van der Waals surface area (Å²) >= 11 is 0. The quantitative estimate of drug-likeness (QED) is 0.738. The predicted octanol–water partition coefficient (Wildman–Crippen LogP) is 1.12. The highest BCUT2D eigenvalue weighted by atomic mass is 15.3. The number of rotatable bonds is 8. The molecule has 98 valence electrons. The first kappa shape index (κ1) is 14.1. The van der Waals surface area contributed by atoms with Crippen molar-refractivity contribution in [2.24, 2.45) is 0 Å². The summed E-state index contributed by atoms with van der Waals surface area (Å²) in [6, 6.07) is 0.549. The van der Waals surface area contributed by atoms with Gasteiger partial charge in [-0.2, -0.15) is 5.10 Å². The van der Waals surface area contributed by atoms with Gasteiger partial charge in [-0.15, -0.1) is 0 Å². The van der Waals surface area contributed by atoms with E-state index in [1.807, 2.05) is 4.68 Å². The van der Waals surface area contributed by atoms with Crippen LogP contribution < -0.4 is 5.32 Å². The van der Waals surface area contributed by atoms with Crippen molar-refractivity contribution in [3.63, 3.8) is 0 Å². The molecule has 0 aliphatic heterocycles. The summed E-state index contributed by atoms with van der Waals surface area (Å²) < 4.78 is 1.96. The summed E-state index contributed by atoms with van der Waals surface area (Å²) in [7, 11) is 0. The second kappa shape index (κ2) is 7.40. The molecule has 0 aliphatic carbocycles. The Kier molecular flexibility index (Phi) is 6.15. The largest absolute Gasteiger partial charge is 0.313 e. The van der Waals surface area contributed by atoms with Crippen molar-refractivity contribution in [3.05, 3.63) is 12.2 Å². The Morgan fingerprint density at radius 2 is 2.18 bits per heavy atom. The van der Waals surface area contributed by atoms with Crippen molar-refractivity contribution in [3.8, 4) is 0 Å². The topological polar surface area (TPSA) is 46.0 Å². The average molecular weight is 239 g/mol. The molecule has 1 rings (SSSR count). The number of nitrogens with zero attached hydrogens (tertiary/aromatic N) is 4. The van der Waals surface area contributed by atoms with Gasteiger partial charge in [0.2, 0.25) is 0 Å². The number of hydrogen-bond acceptors (Lipinski definition) is 4. The molecule has 5 heteroatoms. The number of nitrogens with one attached hydrogen (secondary N) is 1. The van der Waals surface area contributed by atoms with E-state index in [0.717, 1.165) is 38.5 Å². The minimum Gasteiger partial charge on any atom is -0.313 e. The third kappa shape index (κ3) is 4.83. The molecule has 0 spiro atoms. The fraction of sp³-hybridized carbons (Fsp3) is 0.833. The Labute approximate surface area is 104 Å². The molecule has 0 atom stereocenters. The van der Waals surface area contributed by atoms with E-state index in [1.54, 1.807) is 6.33 Å². The maximum absolute atomic E-state index is 4.31. The van der Waals surface area contributed by atoms with Gasteiger partial charge in [0.1, 0.15) is 12.2 Å². The van der Waals surface area contributed by atoms with E-state index in [4.69, 9.17) is 0 Å². The van der Waals surface area contributed by atoms with Crippen molar-refractivity contribution >= 4 is 0 Å². The predicted molar refractivity (Wildman–Crippen MR) is 69.8 cm³/mol. The molecule has 0 aromatic carbocycles. The zero-order chi connectivity index (χ0) is 12.7. The number of aryl methyl sites for hydroxylation is 1. The maximum atomic E-state index is 4.31. The third-order valence-corrected chi connectivity index (χ3v) is 2.79. The molecule has 17 heavy (non-hydrogen) atoms. The van der Waals surface area contributed by atoms with Gasteiger partial charge in [0.15, 0.2) is 0 Å². The van der Waals surface area contributed by atoms with Gasteiger partial charge >= 0.3 is 0 Å². The van der Waals surface area contributed by atoms with Crippen molar-refractivity contribution in [1.29, 1.82) is 0 Å². The second-order valence-corrected chi connectivity index (χ2v) is 4.47. The van der Waals surface area contributed by atoms with Gasteiger partial charge in [0, 0.05) is 25.7 Å². The minimum absolute atomic E-state index is 0.549. The molecule has 1 aromatic rings. The smallest absolute Gasteiger partial charge is 0.140 e. The second-order valence-electron chi connectivity index (χ2n) is 4.47. The van der Waals surface area contributed by atoms with Gasteiger partial charge in [-0.25, -0.2) is 9.67 Å². The van der Waals surface area contributed by atoms with E-state index in [9.17, 15) is 0 Å². The Hall–Kier alpha value is -0.940. The number of aromatic nitrogens is 3. The Morgan fingerprint density at radius 1 is 1.41 bits per heavy atom. The highest BCUT2D eigenvalue weighted by Gasteiger charge is 2.08. The van der Waals surface area contributed by atoms with Gasteiger partial charge in [-0.3, -0.25) is 4.90 Å². The minimum atomic E-state index is 0.549. The SMILES string of the molecule is CCN(CCNC(C)C)Cc1ncnn1CC. The van der Waals surface area contributed by atoms with Crippen molar-refractivity contribution < 1.29 is 0 Å². The monoisotopic (exact) mass is 239 g/mol. The van der Waals surface area contributed by atoms with Gasteiger partial charge in [0.25, 0.3) is 0 Å². The van der Waals surface area contributed by atoms with Crippen LogP contribution in [0.4, 0.5) is 0 Å². The number of hydrogen-bond donors (Lipinski definition) is 1. The summed E-state index contributed by atoms with van der Waals surface area (Å²) in [4.78, 5) is 6.69. The highest BCUT2D eigenvalue weighted by molar-refractivity contribution is 4.84. The lowest BCUT2D eigenvalue weighted by atomic mass is 10.3.